The van der Waals surface area contributed by atoms with E-state index in [1.165, 1.54) is 14.2 Å². The fraction of sp³-hybridized carbons (Fsp3) is 0.864. The predicted molar refractivity (Wildman–Crippen MR) is 119 cm³/mol. The number of hydrogen-bond donors (Lipinski definition) is 0. The minimum absolute atomic E-state index is 0.162. The Morgan fingerprint density at radius 2 is 1.55 bits per heavy atom. The first-order valence-electron chi connectivity index (χ1n) is 10.3. The number of carbonyl (C=O) groups excluding carboxylic acids is 1. The van der Waals surface area contributed by atoms with E-state index < -0.39 is 19.9 Å². The maximum absolute atomic E-state index is 11.6. The minimum Gasteiger partial charge on any atom is -0.417 e. The van der Waals surface area contributed by atoms with E-state index in [1.807, 2.05) is 19.9 Å². The molecule has 0 rings (SSSR count). The lowest BCUT2D eigenvalue weighted by molar-refractivity contribution is -0.255. The molecule has 0 heterocycles. The normalized spacial score (nSPS) is 15.8. The third-order valence-corrected chi connectivity index (χ3v) is 10.5. The highest BCUT2D eigenvalue weighted by Gasteiger charge is 2.38. The molecule has 2 unspecified atom stereocenters. The highest BCUT2D eigenvalue weighted by atomic mass is 28.4. The molecule has 0 N–H and O–H groups in total. The number of methoxy groups -OCH3 is 3. The van der Waals surface area contributed by atoms with E-state index >= 15 is 0 Å². The summed E-state index contributed by atoms with van der Waals surface area (Å²) >= 11 is 0. The van der Waals surface area contributed by atoms with Crippen molar-refractivity contribution >= 4 is 14.6 Å². The van der Waals surface area contributed by atoms with Crippen molar-refractivity contribution in [3.63, 3.8) is 0 Å². The van der Waals surface area contributed by atoms with E-state index in [2.05, 4.69) is 40.4 Å². The van der Waals surface area contributed by atoms with Gasteiger partial charge in [-0.05, 0) is 50.7 Å². The van der Waals surface area contributed by atoms with Crippen LogP contribution in [0.15, 0.2) is 12.7 Å². The summed E-state index contributed by atoms with van der Waals surface area (Å²) in [5, 5.41) is 0.172. The number of hydrogen-bond acceptors (Lipinski definition) is 6. The minimum atomic E-state index is -1.80. The Morgan fingerprint density at radius 3 is 1.93 bits per heavy atom. The Labute approximate surface area is 179 Å². The topological polar surface area (TPSA) is 63.2 Å². The summed E-state index contributed by atoms with van der Waals surface area (Å²) in [5.41, 5.74) is 0. The van der Waals surface area contributed by atoms with Gasteiger partial charge in [-0.25, -0.2) is 0 Å². The SMILES string of the molecule is C=CC(CCO[Si](C)(C)C(C)(C)C)CC(CC(C=O)(OC)OC)OC(C)(C)OC. The number of carbonyl (C=O) groups is 1. The molecule has 0 aromatic rings. The lowest BCUT2D eigenvalue weighted by Crippen LogP contribution is -2.43. The lowest BCUT2D eigenvalue weighted by Gasteiger charge is -2.37. The monoisotopic (exact) mass is 432 g/mol. The zero-order valence-corrected chi connectivity index (χ0v) is 21.3. The first kappa shape index (κ1) is 28.4. The van der Waals surface area contributed by atoms with E-state index in [9.17, 15) is 4.79 Å². The third-order valence-electron chi connectivity index (χ3n) is 5.98. The second-order valence-corrected chi connectivity index (χ2v) is 14.3. The van der Waals surface area contributed by atoms with Crippen LogP contribution in [0.4, 0.5) is 0 Å². The average Bonchev–Trinajstić information content (AvgIpc) is 2.63. The van der Waals surface area contributed by atoms with Gasteiger partial charge < -0.3 is 23.4 Å². The van der Waals surface area contributed by atoms with Crippen molar-refractivity contribution in [3.8, 4) is 0 Å². The van der Waals surface area contributed by atoms with Gasteiger partial charge in [-0.3, -0.25) is 4.79 Å². The lowest BCUT2D eigenvalue weighted by atomic mass is 9.94. The molecule has 0 bridgehead atoms. The molecule has 0 aromatic heterocycles. The van der Waals surface area contributed by atoms with Crippen molar-refractivity contribution in [3.05, 3.63) is 12.7 Å². The van der Waals surface area contributed by atoms with Crippen molar-refractivity contribution in [2.45, 2.75) is 89.7 Å². The molecule has 0 fully saturated rings. The van der Waals surface area contributed by atoms with E-state index in [0.29, 0.717) is 19.3 Å². The Hall–Kier alpha value is -0.573. The van der Waals surface area contributed by atoms with Crippen LogP contribution in [0.5, 0.6) is 0 Å². The van der Waals surface area contributed by atoms with Gasteiger partial charge in [-0.1, -0.05) is 26.8 Å². The molecule has 0 saturated heterocycles. The van der Waals surface area contributed by atoms with Crippen LogP contribution in [0.25, 0.3) is 0 Å². The molecule has 0 radical (unpaired) electrons. The average molecular weight is 433 g/mol. The molecule has 2 atom stereocenters. The summed E-state index contributed by atoms with van der Waals surface area (Å²) < 4.78 is 28.6. The van der Waals surface area contributed by atoms with E-state index in [1.54, 1.807) is 7.11 Å². The van der Waals surface area contributed by atoms with Gasteiger partial charge in [0.1, 0.15) is 0 Å². The summed E-state index contributed by atoms with van der Waals surface area (Å²) in [6.45, 7) is 19.5. The van der Waals surface area contributed by atoms with Crippen molar-refractivity contribution < 1.29 is 28.2 Å². The second kappa shape index (κ2) is 11.7. The first-order chi connectivity index (χ1) is 13.2. The number of aldehydes is 1. The largest absolute Gasteiger partial charge is 0.417 e. The van der Waals surface area contributed by atoms with Crippen molar-refractivity contribution in [2.24, 2.45) is 5.92 Å². The fourth-order valence-corrected chi connectivity index (χ4v) is 3.75. The molecule has 29 heavy (non-hydrogen) atoms. The smallest absolute Gasteiger partial charge is 0.227 e. The number of ether oxygens (including phenoxy) is 4. The molecule has 0 spiro atoms. The molecule has 0 aliphatic carbocycles. The van der Waals surface area contributed by atoms with Crippen LogP contribution in [0.1, 0.15) is 53.9 Å². The van der Waals surface area contributed by atoms with Crippen LogP contribution in [0, 0.1) is 5.92 Å². The number of allylic oxidation sites excluding steroid dienone is 1. The zero-order chi connectivity index (χ0) is 22.9. The number of rotatable bonds is 15. The van der Waals surface area contributed by atoms with Gasteiger partial charge in [0.2, 0.25) is 5.79 Å². The molecule has 0 aliphatic heterocycles. The molecule has 0 saturated carbocycles. The molecule has 6 nitrogen and oxygen atoms in total. The molecule has 7 heteroatoms. The van der Waals surface area contributed by atoms with E-state index in [-0.39, 0.29) is 23.5 Å². The maximum Gasteiger partial charge on any atom is 0.227 e. The maximum atomic E-state index is 11.6. The van der Waals surface area contributed by atoms with Crippen LogP contribution >= 0.6 is 0 Å². The summed E-state index contributed by atoms with van der Waals surface area (Å²) in [6.07, 6.45) is 4.01. The molecular formula is C22H44O6Si. The summed E-state index contributed by atoms with van der Waals surface area (Å²) in [5.74, 6) is -1.99. The fourth-order valence-electron chi connectivity index (χ4n) is 2.69. The van der Waals surface area contributed by atoms with Gasteiger partial charge in [-0.2, -0.15) is 0 Å². The van der Waals surface area contributed by atoms with Gasteiger partial charge in [0.15, 0.2) is 20.4 Å². The Kier molecular flexibility index (Phi) is 11.5. The van der Waals surface area contributed by atoms with Crippen LogP contribution in [0.3, 0.4) is 0 Å². The van der Waals surface area contributed by atoms with Gasteiger partial charge in [0, 0.05) is 34.4 Å². The van der Waals surface area contributed by atoms with Crippen molar-refractivity contribution in [2.75, 3.05) is 27.9 Å². The Balaban J connectivity index is 5.21. The molecular weight excluding hydrogens is 388 g/mol. The first-order valence-corrected chi connectivity index (χ1v) is 13.2. The van der Waals surface area contributed by atoms with Crippen LogP contribution in [0.2, 0.25) is 18.1 Å². The molecule has 172 valence electrons. The summed E-state index contributed by atoms with van der Waals surface area (Å²) in [7, 11) is 2.70. The Morgan fingerprint density at radius 1 is 1.00 bits per heavy atom. The van der Waals surface area contributed by atoms with E-state index in [0.717, 1.165) is 6.42 Å². The summed E-state index contributed by atoms with van der Waals surface area (Å²) in [6, 6.07) is 0. The Bertz CT molecular complexity index is 494. The van der Waals surface area contributed by atoms with Crippen LogP contribution < -0.4 is 0 Å². The van der Waals surface area contributed by atoms with Crippen LogP contribution in [-0.2, 0) is 28.2 Å². The van der Waals surface area contributed by atoms with Crippen molar-refractivity contribution in [1.29, 1.82) is 0 Å². The van der Waals surface area contributed by atoms with Gasteiger partial charge in [-0.15, -0.1) is 6.58 Å². The van der Waals surface area contributed by atoms with E-state index in [4.69, 9.17) is 23.4 Å². The standard InChI is InChI=1S/C22H44O6Si/c1-12-18(13-14-27-29(10,11)20(2,3)4)15-19(28-21(5,6)24-7)16-22(17-23,25-8)26-9/h12,17-19H,1,13-16H2,2-11H3. The van der Waals surface area contributed by atoms with Gasteiger partial charge in [0.25, 0.3) is 0 Å². The van der Waals surface area contributed by atoms with Crippen molar-refractivity contribution in [1.82, 2.24) is 0 Å². The van der Waals surface area contributed by atoms with Gasteiger partial charge in [0.05, 0.1) is 6.10 Å². The third kappa shape index (κ3) is 9.40. The zero-order valence-electron chi connectivity index (χ0n) is 20.3. The van der Waals surface area contributed by atoms with Gasteiger partial charge >= 0.3 is 0 Å². The van der Waals surface area contributed by atoms with Crippen LogP contribution in [-0.4, -0.2) is 60.2 Å². The molecule has 0 aromatic carbocycles. The molecule has 0 aliphatic rings. The summed E-state index contributed by atoms with van der Waals surface area (Å²) in [4.78, 5) is 11.6. The molecule has 0 amide bonds. The second-order valence-electron chi connectivity index (χ2n) is 9.51. The highest BCUT2D eigenvalue weighted by molar-refractivity contribution is 6.74. The predicted octanol–water partition coefficient (Wildman–Crippen LogP) is 4.94. The highest BCUT2D eigenvalue weighted by Crippen LogP contribution is 2.37. The quantitative estimate of drug-likeness (QED) is 0.158.